The van der Waals surface area contributed by atoms with Gasteiger partial charge in [0.1, 0.15) is 6.29 Å². The molecular formula is C7H13NO. The molecule has 0 bridgehead atoms. The van der Waals surface area contributed by atoms with E-state index in [0.29, 0.717) is 11.6 Å². The Bertz CT molecular complexity index is 118. The third-order valence-electron chi connectivity index (χ3n) is 1.44. The lowest BCUT2D eigenvalue weighted by molar-refractivity contribution is -0.104. The maximum Gasteiger partial charge on any atom is 0.144 e. The van der Waals surface area contributed by atoms with Crippen molar-refractivity contribution >= 4 is 6.29 Å². The lowest BCUT2D eigenvalue weighted by Gasteiger charge is -2.05. The number of hydrogen-bond donors (Lipinski definition) is 1. The molecule has 0 fully saturated rings. The SMILES string of the molecule is CC[C@H](C)/C(N)=C\C=O. The molecular weight excluding hydrogens is 114 g/mol. The number of carbonyl (C=O) groups excluding carboxylic acids is 1. The van der Waals surface area contributed by atoms with E-state index in [1.54, 1.807) is 0 Å². The molecule has 0 radical (unpaired) electrons. The van der Waals surface area contributed by atoms with Crippen molar-refractivity contribution in [1.82, 2.24) is 0 Å². The maximum atomic E-state index is 9.88. The van der Waals surface area contributed by atoms with E-state index in [-0.39, 0.29) is 0 Å². The van der Waals surface area contributed by atoms with Gasteiger partial charge in [-0.25, -0.2) is 0 Å². The fourth-order valence-electron chi connectivity index (χ4n) is 0.479. The predicted octanol–water partition coefficient (Wildman–Crippen LogP) is 1.07. The predicted molar refractivity (Wildman–Crippen MR) is 37.8 cm³/mol. The minimum absolute atomic E-state index is 0.329. The molecule has 0 spiro atoms. The number of nitrogens with two attached hydrogens (primary N) is 1. The molecule has 0 aromatic heterocycles. The van der Waals surface area contributed by atoms with Gasteiger partial charge in [-0.05, 0) is 18.4 Å². The highest BCUT2D eigenvalue weighted by Crippen LogP contribution is 2.06. The molecule has 0 heterocycles. The molecule has 0 unspecified atom stereocenters. The van der Waals surface area contributed by atoms with Crippen LogP contribution in [0.2, 0.25) is 0 Å². The van der Waals surface area contributed by atoms with E-state index in [2.05, 4.69) is 0 Å². The Hall–Kier alpha value is -0.790. The summed E-state index contributed by atoms with van der Waals surface area (Å²) in [5, 5.41) is 0. The summed E-state index contributed by atoms with van der Waals surface area (Å²) in [6.45, 7) is 4.03. The van der Waals surface area contributed by atoms with Gasteiger partial charge in [0.25, 0.3) is 0 Å². The van der Waals surface area contributed by atoms with Crippen LogP contribution in [0, 0.1) is 5.92 Å². The van der Waals surface area contributed by atoms with Crippen molar-refractivity contribution in [3.8, 4) is 0 Å². The molecule has 1 atom stereocenters. The number of rotatable bonds is 3. The average molecular weight is 127 g/mol. The third-order valence-corrected chi connectivity index (χ3v) is 1.44. The highest BCUT2D eigenvalue weighted by molar-refractivity contribution is 5.65. The van der Waals surface area contributed by atoms with Crippen molar-refractivity contribution in [2.45, 2.75) is 20.3 Å². The molecule has 0 saturated carbocycles. The van der Waals surface area contributed by atoms with Crippen LogP contribution in [0.15, 0.2) is 11.8 Å². The Balaban J connectivity index is 3.84. The number of carbonyl (C=O) groups is 1. The zero-order valence-corrected chi connectivity index (χ0v) is 5.92. The molecule has 52 valence electrons. The van der Waals surface area contributed by atoms with Crippen LogP contribution < -0.4 is 5.73 Å². The Labute approximate surface area is 55.7 Å². The van der Waals surface area contributed by atoms with Gasteiger partial charge in [0, 0.05) is 5.70 Å². The summed E-state index contributed by atoms with van der Waals surface area (Å²) in [6, 6.07) is 0. The Kier molecular flexibility index (Phi) is 3.76. The van der Waals surface area contributed by atoms with Crippen molar-refractivity contribution < 1.29 is 4.79 Å². The molecule has 0 aromatic rings. The fourth-order valence-corrected chi connectivity index (χ4v) is 0.479. The Morgan fingerprint density at radius 1 is 1.78 bits per heavy atom. The van der Waals surface area contributed by atoms with Gasteiger partial charge in [-0.3, -0.25) is 4.79 Å². The van der Waals surface area contributed by atoms with Crippen LogP contribution in [0.25, 0.3) is 0 Å². The quantitative estimate of drug-likeness (QED) is 0.455. The lowest BCUT2D eigenvalue weighted by atomic mass is 10.1. The van der Waals surface area contributed by atoms with E-state index < -0.39 is 0 Å². The first-order valence-corrected chi connectivity index (χ1v) is 3.13. The highest BCUT2D eigenvalue weighted by Gasteiger charge is 1.99. The van der Waals surface area contributed by atoms with Gasteiger partial charge in [-0.2, -0.15) is 0 Å². The van der Waals surface area contributed by atoms with Gasteiger partial charge in [0.05, 0.1) is 0 Å². The number of hydrogen-bond acceptors (Lipinski definition) is 2. The molecule has 0 rings (SSSR count). The summed E-state index contributed by atoms with van der Waals surface area (Å²) in [5.41, 5.74) is 6.14. The van der Waals surface area contributed by atoms with Gasteiger partial charge in [-0.15, -0.1) is 0 Å². The van der Waals surface area contributed by atoms with Gasteiger partial charge >= 0.3 is 0 Å². The molecule has 2 nitrogen and oxygen atoms in total. The first kappa shape index (κ1) is 8.21. The van der Waals surface area contributed by atoms with Crippen LogP contribution in [0.1, 0.15) is 20.3 Å². The van der Waals surface area contributed by atoms with Crippen molar-refractivity contribution in [1.29, 1.82) is 0 Å². The Morgan fingerprint density at radius 3 is 2.67 bits per heavy atom. The first-order valence-electron chi connectivity index (χ1n) is 3.13. The zero-order chi connectivity index (χ0) is 7.28. The summed E-state index contributed by atoms with van der Waals surface area (Å²) < 4.78 is 0. The molecule has 0 aliphatic rings. The largest absolute Gasteiger partial charge is 0.402 e. The second kappa shape index (κ2) is 4.13. The fraction of sp³-hybridized carbons (Fsp3) is 0.571. The summed E-state index contributed by atoms with van der Waals surface area (Å²) in [6.07, 6.45) is 3.12. The van der Waals surface area contributed by atoms with E-state index >= 15 is 0 Å². The minimum Gasteiger partial charge on any atom is -0.402 e. The van der Waals surface area contributed by atoms with Crippen LogP contribution in [0.5, 0.6) is 0 Å². The van der Waals surface area contributed by atoms with Gasteiger partial charge in [-0.1, -0.05) is 13.8 Å². The highest BCUT2D eigenvalue weighted by atomic mass is 16.1. The Morgan fingerprint density at radius 2 is 2.33 bits per heavy atom. The molecule has 0 aliphatic heterocycles. The molecule has 0 saturated heterocycles. The van der Waals surface area contributed by atoms with E-state index in [1.807, 2.05) is 13.8 Å². The topological polar surface area (TPSA) is 43.1 Å². The van der Waals surface area contributed by atoms with Crippen molar-refractivity contribution in [3.05, 3.63) is 11.8 Å². The van der Waals surface area contributed by atoms with E-state index in [0.717, 1.165) is 12.7 Å². The zero-order valence-electron chi connectivity index (χ0n) is 5.92. The molecule has 0 amide bonds. The summed E-state index contributed by atoms with van der Waals surface area (Å²) in [5.74, 6) is 0.329. The third kappa shape index (κ3) is 2.90. The number of allylic oxidation sites excluding steroid dienone is 2. The van der Waals surface area contributed by atoms with Crippen LogP contribution >= 0.6 is 0 Å². The van der Waals surface area contributed by atoms with Crippen molar-refractivity contribution in [2.75, 3.05) is 0 Å². The van der Waals surface area contributed by atoms with Crippen molar-refractivity contribution in [2.24, 2.45) is 11.7 Å². The second-order valence-electron chi connectivity index (χ2n) is 2.11. The maximum absolute atomic E-state index is 9.88. The standard InChI is InChI=1S/C7H13NO/c1-3-6(2)7(8)4-5-9/h4-6H,3,8H2,1-2H3/b7-4+/t6-/m0/s1. The first-order chi connectivity index (χ1) is 4.22. The molecule has 2 heteroatoms. The molecule has 0 aliphatic carbocycles. The molecule has 0 aromatic carbocycles. The average Bonchev–Trinajstić information content (AvgIpc) is 1.87. The number of aldehydes is 1. The minimum atomic E-state index is 0.329. The summed E-state index contributed by atoms with van der Waals surface area (Å²) >= 11 is 0. The van der Waals surface area contributed by atoms with Crippen LogP contribution in [0.4, 0.5) is 0 Å². The second-order valence-corrected chi connectivity index (χ2v) is 2.11. The van der Waals surface area contributed by atoms with E-state index in [9.17, 15) is 4.79 Å². The van der Waals surface area contributed by atoms with Crippen LogP contribution in [-0.4, -0.2) is 6.29 Å². The van der Waals surface area contributed by atoms with Crippen molar-refractivity contribution in [3.63, 3.8) is 0 Å². The molecule has 9 heavy (non-hydrogen) atoms. The van der Waals surface area contributed by atoms with Crippen LogP contribution in [-0.2, 0) is 4.79 Å². The monoisotopic (exact) mass is 127 g/mol. The van der Waals surface area contributed by atoms with Gasteiger partial charge < -0.3 is 5.73 Å². The summed E-state index contributed by atoms with van der Waals surface area (Å²) in [4.78, 5) is 9.88. The van der Waals surface area contributed by atoms with E-state index in [4.69, 9.17) is 5.73 Å². The van der Waals surface area contributed by atoms with Crippen LogP contribution in [0.3, 0.4) is 0 Å². The van der Waals surface area contributed by atoms with Gasteiger partial charge in [0.15, 0.2) is 0 Å². The lowest BCUT2D eigenvalue weighted by Crippen LogP contribution is -2.07. The van der Waals surface area contributed by atoms with E-state index in [1.165, 1.54) is 6.08 Å². The normalized spacial score (nSPS) is 15.1. The summed E-state index contributed by atoms with van der Waals surface area (Å²) in [7, 11) is 0. The molecule has 2 N–H and O–H groups in total. The smallest absolute Gasteiger partial charge is 0.144 e. The van der Waals surface area contributed by atoms with Gasteiger partial charge in [0.2, 0.25) is 0 Å².